The summed E-state index contributed by atoms with van der Waals surface area (Å²) in [6.07, 6.45) is 9.39. The summed E-state index contributed by atoms with van der Waals surface area (Å²) in [4.78, 5) is 0. The van der Waals surface area contributed by atoms with Gasteiger partial charge < -0.3 is 6.92 Å². The molecule has 0 aromatic heterocycles. The molecule has 11 heavy (non-hydrogen) atoms. The van der Waals surface area contributed by atoms with Crippen LogP contribution >= 0.6 is 0 Å². The van der Waals surface area contributed by atoms with E-state index in [9.17, 15) is 0 Å². The molecular weight excluding hydrogens is 132 g/mol. The van der Waals surface area contributed by atoms with Crippen LogP contribution in [0.4, 0.5) is 0 Å². The second-order valence-electron chi connectivity index (χ2n) is 2.69. The van der Waals surface area contributed by atoms with Gasteiger partial charge in [-0.1, -0.05) is 13.2 Å². The third-order valence-corrected chi connectivity index (χ3v) is 1.65. The van der Waals surface area contributed by atoms with E-state index in [0.717, 1.165) is 19.3 Å². The number of hydrogen-bond acceptors (Lipinski definition) is 0. The van der Waals surface area contributed by atoms with Gasteiger partial charge in [0.1, 0.15) is 12.8 Å². The van der Waals surface area contributed by atoms with E-state index in [2.05, 4.69) is 20.1 Å². The van der Waals surface area contributed by atoms with Crippen LogP contribution in [0.5, 0.6) is 0 Å². The van der Waals surface area contributed by atoms with Crippen LogP contribution in [-0.4, -0.2) is 0 Å². The summed E-state index contributed by atoms with van der Waals surface area (Å²) in [6, 6.07) is 0. The first kappa shape index (κ1) is 10.3. The summed E-state index contributed by atoms with van der Waals surface area (Å²) in [5, 5.41) is 0. The molecule has 0 fully saturated rings. The van der Waals surface area contributed by atoms with E-state index < -0.39 is 0 Å². The highest BCUT2D eigenvalue weighted by Crippen LogP contribution is 2.19. The lowest BCUT2D eigenvalue weighted by Gasteiger charge is -2.01. The van der Waals surface area contributed by atoms with Gasteiger partial charge in [0.05, 0.1) is 12.3 Å². The van der Waals surface area contributed by atoms with Crippen molar-refractivity contribution in [1.29, 1.82) is 0 Å². The van der Waals surface area contributed by atoms with Crippen LogP contribution in [0.15, 0.2) is 25.3 Å². The molecule has 0 nitrogen and oxygen atoms in total. The van der Waals surface area contributed by atoms with Crippen LogP contribution in [-0.2, 0) is 0 Å². The second-order valence-corrected chi connectivity index (χ2v) is 2.69. The molecule has 62 valence electrons. The van der Waals surface area contributed by atoms with Crippen molar-refractivity contribution in [2.45, 2.75) is 32.1 Å². The minimum atomic E-state index is 1.03. The molecule has 0 aliphatic rings. The number of hydrogen-bond donors (Lipinski definition) is 0. The van der Waals surface area contributed by atoms with Crippen molar-refractivity contribution in [2.75, 3.05) is 0 Å². The molecule has 0 aliphatic heterocycles. The summed E-state index contributed by atoms with van der Waals surface area (Å²) in [5.74, 6) is 1.53. The van der Waals surface area contributed by atoms with Crippen molar-refractivity contribution in [1.82, 2.24) is 0 Å². The topological polar surface area (TPSA) is 0 Å². The van der Waals surface area contributed by atoms with Gasteiger partial charge >= 0.3 is 0 Å². The van der Waals surface area contributed by atoms with Gasteiger partial charge in [-0.25, -0.2) is 0 Å². The Kier molecular flexibility index (Phi) is 7.02. The molecule has 0 atom stereocenters. The van der Waals surface area contributed by atoms with Crippen LogP contribution in [0.2, 0.25) is 0 Å². The van der Waals surface area contributed by atoms with Crippen molar-refractivity contribution in [3.05, 3.63) is 38.2 Å². The maximum atomic E-state index is 3.81. The first-order valence-electron chi connectivity index (χ1n) is 4.19. The number of unbranched alkanes of at least 4 members (excludes halogenated alkanes) is 1. The Labute approximate surface area is 71.0 Å². The Morgan fingerprint density at radius 3 is 2.09 bits per heavy atom. The predicted molar refractivity (Wildman–Crippen MR) is 52.1 cm³/mol. The molecule has 0 amide bonds. The summed E-state index contributed by atoms with van der Waals surface area (Å²) in [6.45, 7) is 11.3. The molecular formula is C11H18. The zero-order valence-corrected chi connectivity index (χ0v) is 7.31. The fourth-order valence-electron chi connectivity index (χ4n) is 1.07. The lowest BCUT2D eigenvalue weighted by atomic mass is 9.95. The van der Waals surface area contributed by atoms with Crippen LogP contribution in [0.25, 0.3) is 0 Å². The Hall–Kier alpha value is -0.650. The maximum absolute atomic E-state index is 3.81. The molecule has 0 heterocycles. The average molecular weight is 150 g/mol. The van der Waals surface area contributed by atoms with Crippen molar-refractivity contribution in [3.8, 4) is 0 Å². The SMILES string of the molecule is C=CC[C+](CC=C)CCC[CH2-]. The first-order valence-corrected chi connectivity index (χ1v) is 4.19. The third-order valence-electron chi connectivity index (χ3n) is 1.65. The molecule has 0 aromatic rings. The molecule has 0 radical (unpaired) electrons. The van der Waals surface area contributed by atoms with E-state index in [4.69, 9.17) is 0 Å². The van der Waals surface area contributed by atoms with E-state index in [-0.39, 0.29) is 0 Å². The van der Waals surface area contributed by atoms with Crippen molar-refractivity contribution in [2.24, 2.45) is 0 Å². The lowest BCUT2D eigenvalue weighted by Crippen LogP contribution is -1.94. The molecule has 0 rings (SSSR count). The van der Waals surface area contributed by atoms with E-state index in [1.165, 1.54) is 18.8 Å². The van der Waals surface area contributed by atoms with Gasteiger partial charge in [-0.05, 0) is 18.6 Å². The van der Waals surface area contributed by atoms with Crippen LogP contribution in [0, 0.1) is 12.8 Å². The molecule has 0 spiro atoms. The van der Waals surface area contributed by atoms with E-state index in [0.29, 0.717) is 0 Å². The van der Waals surface area contributed by atoms with Crippen molar-refractivity contribution < 1.29 is 0 Å². The van der Waals surface area contributed by atoms with Gasteiger partial charge in [0.15, 0.2) is 0 Å². The molecule has 0 unspecified atom stereocenters. The van der Waals surface area contributed by atoms with Gasteiger partial charge in [0.2, 0.25) is 0 Å². The second kappa shape index (κ2) is 7.46. The summed E-state index contributed by atoms with van der Waals surface area (Å²) >= 11 is 0. The van der Waals surface area contributed by atoms with Crippen molar-refractivity contribution in [3.63, 3.8) is 0 Å². The third kappa shape index (κ3) is 5.78. The predicted octanol–water partition coefficient (Wildman–Crippen LogP) is 3.72. The molecule has 0 bridgehead atoms. The smallest absolute Gasteiger partial charge is 0.108 e. The Morgan fingerprint density at radius 1 is 1.18 bits per heavy atom. The van der Waals surface area contributed by atoms with Crippen LogP contribution in [0.3, 0.4) is 0 Å². The van der Waals surface area contributed by atoms with Gasteiger partial charge in [-0.2, -0.15) is 6.42 Å². The van der Waals surface area contributed by atoms with Crippen molar-refractivity contribution >= 4 is 0 Å². The van der Waals surface area contributed by atoms with E-state index in [1.54, 1.807) is 0 Å². The summed E-state index contributed by atoms with van der Waals surface area (Å²) in [7, 11) is 0. The normalized spacial score (nSPS) is 9.18. The van der Waals surface area contributed by atoms with Crippen LogP contribution in [0.1, 0.15) is 32.1 Å². The Bertz CT molecular complexity index is 92.6. The molecule has 0 N–H and O–H groups in total. The maximum Gasteiger partial charge on any atom is 0.108 e. The minimum absolute atomic E-state index is 1.03. The average Bonchev–Trinajstić information content (AvgIpc) is 2.01. The Balaban J connectivity index is 3.49. The molecule has 0 heteroatoms. The van der Waals surface area contributed by atoms with Crippen LogP contribution < -0.4 is 0 Å². The first-order chi connectivity index (χ1) is 5.35. The molecule has 0 saturated carbocycles. The highest BCUT2D eigenvalue weighted by atomic mass is 14.1. The fourth-order valence-corrected chi connectivity index (χ4v) is 1.07. The summed E-state index contributed by atoms with van der Waals surface area (Å²) < 4.78 is 0. The number of allylic oxidation sites excluding steroid dienone is 2. The summed E-state index contributed by atoms with van der Waals surface area (Å²) in [5.41, 5.74) is 0. The highest BCUT2D eigenvalue weighted by molar-refractivity contribution is 5.00. The monoisotopic (exact) mass is 150 g/mol. The van der Waals surface area contributed by atoms with E-state index >= 15 is 0 Å². The number of rotatable bonds is 7. The lowest BCUT2D eigenvalue weighted by molar-refractivity contribution is 0.704. The minimum Gasteiger partial charge on any atom is -0.343 e. The van der Waals surface area contributed by atoms with Gasteiger partial charge in [0.25, 0.3) is 0 Å². The van der Waals surface area contributed by atoms with Gasteiger partial charge in [-0.15, -0.1) is 0 Å². The highest BCUT2D eigenvalue weighted by Gasteiger charge is 2.13. The Morgan fingerprint density at radius 2 is 1.73 bits per heavy atom. The molecule has 0 saturated heterocycles. The zero-order valence-electron chi connectivity index (χ0n) is 7.31. The largest absolute Gasteiger partial charge is 0.343 e. The zero-order chi connectivity index (χ0) is 8.53. The fraction of sp³-hybridized carbons (Fsp3) is 0.455. The van der Waals surface area contributed by atoms with Gasteiger partial charge in [-0.3, -0.25) is 0 Å². The molecule has 0 aromatic carbocycles. The quantitative estimate of drug-likeness (QED) is 0.383. The van der Waals surface area contributed by atoms with E-state index in [1.807, 2.05) is 12.2 Å². The standard InChI is InChI=1S/C11H18/c1-4-7-10-11(8-5-2)9-6-3/h5-6H,1-4,7-10H2. The van der Waals surface area contributed by atoms with Gasteiger partial charge in [0, 0.05) is 0 Å². The molecule has 0 aliphatic carbocycles.